The first-order chi connectivity index (χ1) is 27.0. The van der Waals surface area contributed by atoms with Crippen LogP contribution in [0.15, 0.2) is 57.8 Å². The molecule has 0 N–H and O–H groups in total. The van der Waals surface area contributed by atoms with Crippen molar-refractivity contribution in [3.8, 4) is 6.07 Å². The maximum atomic E-state index is 17.8. The van der Waals surface area contributed by atoms with Gasteiger partial charge in [0, 0.05) is 65.2 Å². The van der Waals surface area contributed by atoms with Gasteiger partial charge in [-0.2, -0.15) is 18.4 Å². The number of nitriles is 1. The standard InChI is InChI=1S/C45H59F5N4O2S/c1-10-12-37(56-26-44(17-18-44)25-54-19-21-55-22-20-54)52-41-32(30(8)53(9)36(27(3)4)16-13-29(7)11-2)23-34(45(48,49)50)39(40(41)47)31-14-15-35(46)43-38(31)33(24-51)42(57-43)28(5)6/h12,14-15,23,27-29,36H,10-11,13,16-22,25-26H2,1-9H3/b32-30+,37-12-,52-41+. The zero-order valence-electron chi connectivity index (χ0n) is 35.0. The number of aliphatic imine (C=N–C) groups is 1. The van der Waals surface area contributed by atoms with Gasteiger partial charge in [0.15, 0.2) is 5.83 Å². The largest absolute Gasteiger partial charge is 0.477 e. The Morgan fingerprint density at radius 2 is 1.79 bits per heavy atom. The molecule has 6 nitrogen and oxygen atoms in total. The van der Waals surface area contributed by atoms with Crippen molar-refractivity contribution < 1.29 is 31.4 Å². The highest BCUT2D eigenvalue weighted by Crippen LogP contribution is 2.50. The van der Waals surface area contributed by atoms with Crippen molar-refractivity contribution >= 4 is 32.7 Å². The fourth-order valence-electron chi connectivity index (χ4n) is 7.91. The van der Waals surface area contributed by atoms with E-state index in [9.17, 15) is 5.26 Å². The predicted octanol–water partition coefficient (Wildman–Crippen LogP) is 12.1. The SMILES string of the molecule is CC/C=C(/N=C1/C(F)=C(c2ccc(F)c3sc(C(C)C)c(C#N)c23)C(C(F)(F)F)=C/C1=C(/C)N(C)C(CCC(C)CC)C(C)C)OCC1(CN2CCOCC2)CC1. The summed E-state index contributed by atoms with van der Waals surface area (Å²) in [6.07, 6.45) is 2.84. The summed E-state index contributed by atoms with van der Waals surface area (Å²) in [4.78, 5) is 9.62. The minimum absolute atomic E-state index is 0.00706. The number of hydrogen-bond acceptors (Lipinski definition) is 7. The monoisotopic (exact) mass is 814 g/mol. The summed E-state index contributed by atoms with van der Waals surface area (Å²) in [5.74, 6) is -1.37. The molecule has 312 valence electrons. The van der Waals surface area contributed by atoms with Gasteiger partial charge in [-0.3, -0.25) is 4.90 Å². The van der Waals surface area contributed by atoms with E-state index in [4.69, 9.17) is 14.5 Å². The molecule has 1 aliphatic heterocycles. The molecule has 12 heteroatoms. The van der Waals surface area contributed by atoms with Gasteiger partial charge in [0.25, 0.3) is 0 Å². The average molecular weight is 815 g/mol. The fourth-order valence-corrected chi connectivity index (χ4v) is 9.09. The van der Waals surface area contributed by atoms with Gasteiger partial charge in [0.05, 0.1) is 35.7 Å². The molecule has 3 aliphatic rings. The first-order valence-corrected chi connectivity index (χ1v) is 21.3. The molecule has 1 saturated heterocycles. The van der Waals surface area contributed by atoms with Crippen LogP contribution in [0.3, 0.4) is 0 Å². The van der Waals surface area contributed by atoms with E-state index < -0.39 is 29.0 Å². The summed E-state index contributed by atoms with van der Waals surface area (Å²) in [5.41, 5.74) is -2.11. The summed E-state index contributed by atoms with van der Waals surface area (Å²) in [6, 6.07) is 4.26. The molecule has 2 heterocycles. The molecule has 2 atom stereocenters. The molecule has 2 aliphatic carbocycles. The lowest BCUT2D eigenvalue weighted by atomic mass is 9.84. The second kappa shape index (κ2) is 18.6. The van der Waals surface area contributed by atoms with Crippen LogP contribution in [0, 0.1) is 34.4 Å². The Morgan fingerprint density at radius 1 is 1.11 bits per heavy atom. The van der Waals surface area contributed by atoms with Gasteiger partial charge in [-0.1, -0.05) is 61.0 Å². The van der Waals surface area contributed by atoms with Crippen molar-refractivity contribution in [1.29, 1.82) is 5.26 Å². The fraction of sp³-hybridized carbons (Fsp3) is 0.600. The third-order valence-electron chi connectivity index (χ3n) is 11.9. The third-order valence-corrected chi connectivity index (χ3v) is 13.4. The number of ether oxygens (including phenoxy) is 2. The zero-order chi connectivity index (χ0) is 41.8. The molecule has 1 aromatic heterocycles. The number of nitrogens with zero attached hydrogens (tertiary/aromatic N) is 4. The Bertz CT molecular complexity index is 1970. The Labute approximate surface area is 339 Å². The molecule has 0 amide bonds. The normalized spacial score (nSPS) is 20.6. The number of halogens is 5. The summed E-state index contributed by atoms with van der Waals surface area (Å²) < 4.78 is 91.5. The number of fused-ring (bicyclic) bond motifs is 1. The van der Waals surface area contributed by atoms with E-state index in [0.717, 1.165) is 81.3 Å². The Kier molecular flexibility index (Phi) is 14.5. The van der Waals surface area contributed by atoms with Gasteiger partial charge in [-0.25, -0.2) is 13.8 Å². The number of hydrogen-bond donors (Lipinski definition) is 0. The second-order valence-corrected chi connectivity index (χ2v) is 17.8. The van der Waals surface area contributed by atoms with Crippen molar-refractivity contribution in [3.63, 3.8) is 0 Å². The molecule has 5 rings (SSSR count). The van der Waals surface area contributed by atoms with Crippen LogP contribution in [-0.2, 0) is 9.47 Å². The van der Waals surface area contributed by atoms with Gasteiger partial charge >= 0.3 is 6.18 Å². The van der Waals surface area contributed by atoms with Crippen molar-refractivity contribution in [2.45, 2.75) is 112 Å². The van der Waals surface area contributed by atoms with Gasteiger partial charge in [-0.15, -0.1) is 11.3 Å². The number of alkyl halides is 3. The minimum atomic E-state index is -5.02. The quantitative estimate of drug-likeness (QED) is 0.125. The lowest BCUT2D eigenvalue weighted by Crippen LogP contribution is -2.40. The lowest BCUT2D eigenvalue weighted by Gasteiger charge is -2.36. The van der Waals surface area contributed by atoms with E-state index in [1.54, 1.807) is 13.0 Å². The summed E-state index contributed by atoms with van der Waals surface area (Å²) in [5, 5.41) is 10.3. The van der Waals surface area contributed by atoms with Gasteiger partial charge in [0.1, 0.15) is 17.6 Å². The Morgan fingerprint density at radius 3 is 2.35 bits per heavy atom. The van der Waals surface area contributed by atoms with Crippen molar-refractivity contribution in [2.75, 3.05) is 46.5 Å². The summed E-state index contributed by atoms with van der Waals surface area (Å²) >= 11 is 1.01. The van der Waals surface area contributed by atoms with Crippen LogP contribution in [0.4, 0.5) is 22.0 Å². The van der Waals surface area contributed by atoms with Crippen LogP contribution in [0.1, 0.15) is 116 Å². The topological polar surface area (TPSA) is 61.1 Å². The first-order valence-electron chi connectivity index (χ1n) is 20.5. The molecule has 0 radical (unpaired) electrons. The third kappa shape index (κ3) is 10.0. The molecule has 2 unspecified atom stereocenters. The second-order valence-electron chi connectivity index (χ2n) is 16.8. The molecule has 0 spiro atoms. The Balaban J connectivity index is 1.73. The van der Waals surface area contributed by atoms with Crippen LogP contribution in [0.2, 0.25) is 0 Å². The zero-order valence-corrected chi connectivity index (χ0v) is 35.8. The Hall–Kier alpha value is -3.53. The number of benzene rings is 1. The average Bonchev–Trinajstić information content (AvgIpc) is 3.81. The van der Waals surface area contributed by atoms with Crippen LogP contribution in [0.25, 0.3) is 15.7 Å². The first kappa shape index (κ1) is 44.6. The number of rotatable bonds is 16. The number of allylic oxidation sites excluding steroid dienone is 7. The van der Waals surface area contributed by atoms with Gasteiger partial charge in [-0.05, 0) is 80.6 Å². The summed E-state index contributed by atoms with van der Waals surface area (Å²) in [6.45, 7) is 19.9. The molecular formula is C45H59F5N4O2S. The van der Waals surface area contributed by atoms with Crippen molar-refractivity contribution in [1.82, 2.24) is 9.80 Å². The lowest BCUT2D eigenvalue weighted by molar-refractivity contribution is -0.0872. The maximum absolute atomic E-state index is 17.8. The highest BCUT2D eigenvalue weighted by molar-refractivity contribution is 7.19. The minimum Gasteiger partial charge on any atom is -0.477 e. The van der Waals surface area contributed by atoms with Crippen LogP contribution < -0.4 is 0 Å². The van der Waals surface area contributed by atoms with Crippen molar-refractivity contribution in [3.05, 3.63) is 74.7 Å². The van der Waals surface area contributed by atoms with E-state index in [-0.39, 0.29) is 61.7 Å². The molecular weight excluding hydrogens is 756 g/mol. The molecule has 57 heavy (non-hydrogen) atoms. The van der Waals surface area contributed by atoms with E-state index in [2.05, 4.69) is 38.7 Å². The molecule has 1 saturated carbocycles. The number of thiophene rings is 1. The maximum Gasteiger partial charge on any atom is 0.417 e. The smallest absolute Gasteiger partial charge is 0.417 e. The van der Waals surface area contributed by atoms with E-state index in [0.29, 0.717) is 42.7 Å². The van der Waals surface area contributed by atoms with Crippen LogP contribution in [-0.4, -0.2) is 74.2 Å². The van der Waals surface area contributed by atoms with E-state index in [1.807, 2.05) is 32.7 Å². The van der Waals surface area contributed by atoms with Crippen molar-refractivity contribution in [2.24, 2.45) is 22.2 Å². The number of morpholine rings is 1. The van der Waals surface area contributed by atoms with Crippen LogP contribution in [0.5, 0.6) is 0 Å². The van der Waals surface area contributed by atoms with E-state index in [1.165, 1.54) is 0 Å². The molecule has 1 aromatic carbocycles. The van der Waals surface area contributed by atoms with E-state index >= 15 is 22.0 Å². The molecule has 2 aromatic rings. The molecule has 0 bridgehead atoms. The predicted molar refractivity (Wildman–Crippen MR) is 221 cm³/mol. The summed E-state index contributed by atoms with van der Waals surface area (Å²) in [7, 11) is 1.85. The van der Waals surface area contributed by atoms with Crippen LogP contribution >= 0.6 is 11.3 Å². The van der Waals surface area contributed by atoms with Gasteiger partial charge in [0.2, 0.25) is 5.88 Å². The highest BCUT2D eigenvalue weighted by atomic mass is 32.1. The molecule has 2 fully saturated rings. The van der Waals surface area contributed by atoms with Gasteiger partial charge < -0.3 is 14.4 Å². The highest BCUT2D eigenvalue weighted by Gasteiger charge is 2.46.